The first-order valence-electron chi connectivity index (χ1n) is 6.84. The maximum atomic E-state index is 11.3. The van der Waals surface area contributed by atoms with Gasteiger partial charge in [-0.25, -0.2) is 4.79 Å². The number of rotatable bonds is 6. The lowest BCUT2D eigenvalue weighted by Crippen LogP contribution is -2.17. The van der Waals surface area contributed by atoms with Crippen LogP contribution in [0.5, 0.6) is 5.75 Å². The van der Waals surface area contributed by atoms with E-state index in [1.807, 2.05) is 19.1 Å². The zero-order valence-corrected chi connectivity index (χ0v) is 13.5. The molecule has 1 N–H and O–H groups in total. The summed E-state index contributed by atoms with van der Waals surface area (Å²) in [7, 11) is 1.30. The number of halogens is 1. The van der Waals surface area contributed by atoms with Gasteiger partial charge in [-0.1, -0.05) is 47.1 Å². The Kier molecular flexibility index (Phi) is 5.60. The molecule has 0 aromatic heterocycles. The molecule has 0 fully saturated rings. The molecular weight excluding hydrogens is 318 g/mol. The van der Waals surface area contributed by atoms with E-state index in [0.29, 0.717) is 21.9 Å². The average molecular weight is 334 g/mol. The zero-order chi connectivity index (χ0) is 16.8. The molecule has 2 rings (SSSR count). The van der Waals surface area contributed by atoms with E-state index in [1.54, 1.807) is 30.3 Å². The van der Waals surface area contributed by atoms with Crippen molar-refractivity contribution in [3.8, 4) is 5.75 Å². The third kappa shape index (κ3) is 4.23. The number of carboxylic acid groups (broad SMARTS) is 1. The summed E-state index contributed by atoms with van der Waals surface area (Å²) in [5.41, 5.74) is 1.95. The van der Waals surface area contributed by atoms with Crippen molar-refractivity contribution in [3.05, 3.63) is 64.2 Å². The molecule has 0 atom stereocenters. The van der Waals surface area contributed by atoms with Gasteiger partial charge in [0.2, 0.25) is 0 Å². The first-order chi connectivity index (χ1) is 11.0. The van der Waals surface area contributed by atoms with E-state index in [9.17, 15) is 9.90 Å². The molecule has 0 spiro atoms. The molecule has 23 heavy (non-hydrogen) atoms. The molecule has 6 heteroatoms. The maximum absolute atomic E-state index is 11.3. The van der Waals surface area contributed by atoms with Gasteiger partial charge in [-0.2, -0.15) is 0 Å². The minimum atomic E-state index is -1.17. The fraction of sp³-hybridized carbons (Fsp3) is 0.176. The predicted molar refractivity (Wildman–Crippen MR) is 88.1 cm³/mol. The Hall–Kier alpha value is -2.53. The molecule has 0 heterocycles. The summed E-state index contributed by atoms with van der Waals surface area (Å²) in [5, 5.41) is 13.3. The lowest BCUT2D eigenvalue weighted by molar-refractivity contribution is -0.129. The van der Waals surface area contributed by atoms with Gasteiger partial charge < -0.3 is 14.7 Å². The summed E-state index contributed by atoms with van der Waals surface area (Å²) in [4.78, 5) is 16.0. The number of nitrogens with zero attached hydrogens (tertiary/aromatic N) is 1. The van der Waals surface area contributed by atoms with Crippen molar-refractivity contribution in [2.45, 2.75) is 13.5 Å². The summed E-state index contributed by atoms with van der Waals surface area (Å²) < 4.78 is 5.73. The molecule has 0 saturated carbocycles. The van der Waals surface area contributed by atoms with Gasteiger partial charge in [-0.15, -0.1) is 0 Å². The fourth-order valence-corrected chi connectivity index (χ4v) is 2.22. The lowest BCUT2D eigenvalue weighted by Gasteiger charge is -2.12. The maximum Gasteiger partial charge on any atom is 0.358 e. The number of aliphatic carboxylic acids is 1. The van der Waals surface area contributed by atoms with Crippen LogP contribution >= 0.6 is 11.6 Å². The lowest BCUT2D eigenvalue weighted by atomic mass is 10.0. The first kappa shape index (κ1) is 16.8. The van der Waals surface area contributed by atoms with Gasteiger partial charge in [0.1, 0.15) is 19.5 Å². The van der Waals surface area contributed by atoms with Crippen LogP contribution in [0.3, 0.4) is 0 Å². The highest BCUT2D eigenvalue weighted by atomic mass is 35.5. The fourth-order valence-electron chi connectivity index (χ4n) is 2.05. The molecule has 5 nitrogen and oxygen atoms in total. The monoisotopic (exact) mass is 333 g/mol. The van der Waals surface area contributed by atoms with Crippen molar-refractivity contribution in [1.82, 2.24) is 0 Å². The first-order valence-corrected chi connectivity index (χ1v) is 7.22. The van der Waals surface area contributed by atoms with Gasteiger partial charge >= 0.3 is 5.97 Å². The molecule has 120 valence electrons. The second-order valence-corrected chi connectivity index (χ2v) is 5.21. The van der Waals surface area contributed by atoms with Crippen LogP contribution in [0.4, 0.5) is 0 Å². The molecule has 0 aliphatic heterocycles. The normalized spacial score (nSPS) is 11.2. The topological polar surface area (TPSA) is 68.1 Å². The highest BCUT2D eigenvalue weighted by Gasteiger charge is 2.17. The third-order valence-corrected chi connectivity index (χ3v) is 3.44. The average Bonchev–Trinajstić information content (AvgIpc) is 2.53. The summed E-state index contributed by atoms with van der Waals surface area (Å²) in [6.45, 7) is 2.10. The van der Waals surface area contributed by atoms with Crippen molar-refractivity contribution < 1.29 is 19.5 Å². The molecule has 0 amide bonds. The van der Waals surface area contributed by atoms with Gasteiger partial charge in [-0.3, -0.25) is 0 Å². The van der Waals surface area contributed by atoms with Crippen molar-refractivity contribution >= 4 is 23.3 Å². The van der Waals surface area contributed by atoms with E-state index in [0.717, 1.165) is 5.56 Å². The molecule has 0 aliphatic carbocycles. The van der Waals surface area contributed by atoms with Gasteiger partial charge in [0, 0.05) is 5.56 Å². The Morgan fingerprint density at radius 1 is 1.26 bits per heavy atom. The minimum absolute atomic E-state index is 0.162. The van der Waals surface area contributed by atoms with Crippen molar-refractivity contribution in [3.63, 3.8) is 0 Å². The van der Waals surface area contributed by atoms with Crippen LogP contribution in [0.1, 0.15) is 16.7 Å². The SMILES string of the molecule is CO/N=C(/C(=O)O)c1ccccc1COc1cc(C)ccc1Cl. The number of ether oxygens (including phenoxy) is 1. The van der Waals surface area contributed by atoms with Crippen molar-refractivity contribution in [2.75, 3.05) is 7.11 Å². The number of carbonyl (C=O) groups is 1. The van der Waals surface area contributed by atoms with E-state index < -0.39 is 5.97 Å². The molecule has 2 aromatic rings. The predicted octanol–water partition coefficient (Wildman–Crippen LogP) is 3.66. The van der Waals surface area contributed by atoms with E-state index in [2.05, 4.69) is 9.99 Å². The second kappa shape index (κ2) is 7.65. The van der Waals surface area contributed by atoms with E-state index in [4.69, 9.17) is 16.3 Å². The van der Waals surface area contributed by atoms with Crippen LogP contribution in [0, 0.1) is 6.92 Å². The largest absolute Gasteiger partial charge is 0.487 e. The number of benzene rings is 2. The van der Waals surface area contributed by atoms with Crippen LogP contribution < -0.4 is 4.74 Å². The molecule has 0 unspecified atom stereocenters. The number of aryl methyl sites for hydroxylation is 1. The second-order valence-electron chi connectivity index (χ2n) is 4.81. The zero-order valence-electron chi connectivity index (χ0n) is 12.7. The van der Waals surface area contributed by atoms with Crippen LogP contribution in [0.15, 0.2) is 47.6 Å². The Morgan fingerprint density at radius 3 is 2.70 bits per heavy atom. The Labute approximate surface area is 139 Å². The molecular formula is C17H16ClNO4. The van der Waals surface area contributed by atoms with E-state index in [-0.39, 0.29) is 12.3 Å². The Bertz CT molecular complexity index is 743. The van der Waals surface area contributed by atoms with Gasteiger partial charge in [0.15, 0.2) is 5.71 Å². The van der Waals surface area contributed by atoms with E-state index >= 15 is 0 Å². The molecule has 0 saturated heterocycles. The Morgan fingerprint density at radius 2 is 2.00 bits per heavy atom. The molecule has 0 radical (unpaired) electrons. The van der Waals surface area contributed by atoms with Gasteiger partial charge in [0.05, 0.1) is 5.02 Å². The number of carboxylic acids is 1. The molecule has 0 bridgehead atoms. The quantitative estimate of drug-likeness (QED) is 0.647. The van der Waals surface area contributed by atoms with Crippen LogP contribution in [0.25, 0.3) is 0 Å². The summed E-state index contributed by atoms with van der Waals surface area (Å²) in [6, 6.07) is 12.4. The minimum Gasteiger partial charge on any atom is -0.487 e. The van der Waals surface area contributed by atoms with Crippen LogP contribution in [-0.2, 0) is 16.2 Å². The van der Waals surface area contributed by atoms with Crippen LogP contribution in [-0.4, -0.2) is 23.9 Å². The van der Waals surface area contributed by atoms with Crippen molar-refractivity contribution in [1.29, 1.82) is 0 Å². The van der Waals surface area contributed by atoms with E-state index in [1.165, 1.54) is 7.11 Å². The summed E-state index contributed by atoms with van der Waals surface area (Å²) >= 11 is 6.10. The smallest absolute Gasteiger partial charge is 0.358 e. The Balaban J connectivity index is 2.29. The number of hydrogen-bond acceptors (Lipinski definition) is 4. The summed E-state index contributed by atoms with van der Waals surface area (Å²) in [6.07, 6.45) is 0. The number of oxime groups is 1. The third-order valence-electron chi connectivity index (χ3n) is 3.13. The molecule has 2 aromatic carbocycles. The standard InChI is InChI=1S/C17H16ClNO4/c1-11-7-8-14(18)15(9-11)23-10-12-5-3-4-6-13(12)16(17(20)21)19-22-2/h3-9H,10H2,1-2H3,(H,20,21)/b19-16+. The van der Waals surface area contributed by atoms with Gasteiger partial charge in [-0.05, 0) is 30.2 Å². The van der Waals surface area contributed by atoms with Crippen molar-refractivity contribution in [2.24, 2.45) is 5.16 Å². The number of hydrogen-bond donors (Lipinski definition) is 1. The van der Waals surface area contributed by atoms with Crippen LogP contribution in [0.2, 0.25) is 5.02 Å². The highest BCUT2D eigenvalue weighted by molar-refractivity contribution is 6.42. The highest BCUT2D eigenvalue weighted by Crippen LogP contribution is 2.26. The summed E-state index contributed by atoms with van der Waals surface area (Å²) in [5.74, 6) is -0.630. The molecule has 0 aliphatic rings. The van der Waals surface area contributed by atoms with Gasteiger partial charge in [0.25, 0.3) is 0 Å².